The predicted octanol–water partition coefficient (Wildman–Crippen LogP) is 5.16. The van der Waals surface area contributed by atoms with Crippen LogP contribution in [0.15, 0.2) is 103 Å². The molecule has 0 aliphatic heterocycles. The molecule has 4 aromatic rings. The lowest BCUT2D eigenvalue weighted by molar-refractivity contribution is 0.0731. The van der Waals surface area contributed by atoms with Crippen LogP contribution in [0, 0.1) is 6.92 Å². The summed E-state index contributed by atoms with van der Waals surface area (Å²) in [6, 6.07) is 27.3. The van der Waals surface area contributed by atoms with Crippen LogP contribution in [0.3, 0.4) is 0 Å². The Kier molecular flexibility index (Phi) is 7.47. The minimum absolute atomic E-state index is 0.272. The summed E-state index contributed by atoms with van der Waals surface area (Å²) >= 11 is -2.63. The summed E-state index contributed by atoms with van der Waals surface area (Å²) in [5.41, 5.74) is 3.92. The van der Waals surface area contributed by atoms with Crippen molar-refractivity contribution in [3.63, 3.8) is 0 Å². The number of hydrogen-bond donors (Lipinski definition) is 0. The number of aryl methyl sites for hydroxylation is 1. The normalized spacial score (nSPS) is 11.6. The van der Waals surface area contributed by atoms with Crippen LogP contribution >= 0.6 is 0 Å². The molecule has 4 rings (SSSR count). The van der Waals surface area contributed by atoms with E-state index >= 15 is 0 Å². The molecule has 7 heteroatoms. The molecule has 0 aliphatic rings. The van der Waals surface area contributed by atoms with Gasteiger partial charge in [0.2, 0.25) is 0 Å². The topological polar surface area (TPSA) is 76.6 Å². The number of carbonyl (C=O) groups excluding carboxylic acids is 1. The van der Waals surface area contributed by atoms with Gasteiger partial charge in [0.1, 0.15) is 0 Å². The number of pyridine rings is 1. The molecule has 1 unspecified atom stereocenters. The Hall–Kier alpha value is -3.81. The van der Waals surface area contributed by atoms with Crippen LogP contribution in [-0.2, 0) is 24.4 Å². The summed E-state index contributed by atoms with van der Waals surface area (Å²) in [5.74, 6) is -0.272. The third-order valence-electron chi connectivity index (χ3n) is 5.37. The predicted molar refractivity (Wildman–Crippen MR) is 133 cm³/mol. The fourth-order valence-electron chi connectivity index (χ4n) is 3.70. The van der Waals surface area contributed by atoms with E-state index in [-0.39, 0.29) is 5.91 Å². The first kappa shape index (κ1) is 23.4. The van der Waals surface area contributed by atoms with E-state index in [1.54, 1.807) is 53.7 Å². The Morgan fingerprint density at radius 2 is 1.50 bits per heavy atom. The van der Waals surface area contributed by atoms with Crippen LogP contribution in [0.25, 0.3) is 0 Å². The summed E-state index contributed by atoms with van der Waals surface area (Å²) in [4.78, 5) is 19.7. The van der Waals surface area contributed by atoms with Gasteiger partial charge in [-0.05, 0) is 48.4 Å². The van der Waals surface area contributed by atoms with Crippen LogP contribution in [0.1, 0.15) is 27.0 Å². The molecule has 0 saturated heterocycles. The molecule has 0 aliphatic carbocycles. The number of hydrogen-bond acceptors (Lipinski definition) is 4. The highest BCUT2D eigenvalue weighted by Gasteiger charge is 2.23. The van der Waals surface area contributed by atoms with Crippen molar-refractivity contribution in [3.05, 3.63) is 126 Å². The number of nitrogens with zero attached hydrogens (tertiary/aromatic N) is 3. The van der Waals surface area contributed by atoms with Gasteiger partial charge in [-0.25, -0.2) is 0 Å². The van der Waals surface area contributed by atoms with Crippen molar-refractivity contribution in [1.29, 1.82) is 0 Å². The van der Waals surface area contributed by atoms with Gasteiger partial charge >= 0.3 is 0 Å². The zero-order valence-corrected chi connectivity index (χ0v) is 19.5. The Morgan fingerprint density at radius 1 is 0.853 bits per heavy atom. The van der Waals surface area contributed by atoms with Crippen LogP contribution in [-0.4, -0.2) is 24.6 Å². The van der Waals surface area contributed by atoms with Crippen LogP contribution < -0.4 is 4.31 Å². The highest BCUT2D eigenvalue weighted by Crippen LogP contribution is 2.31. The number of anilines is 2. The average Bonchev–Trinajstić information content (AvgIpc) is 2.86. The molecule has 1 aromatic heterocycles. The van der Waals surface area contributed by atoms with Gasteiger partial charge in [-0.3, -0.25) is 18.3 Å². The van der Waals surface area contributed by atoms with E-state index in [0.29, 0.717) is 30.0 Å². The first-order valence-electron chi connectivity index (χ1n) is 10.8. The van der Waals surface area contributed by atoms with E-state index < -0.39 is 11.3 Å². The summed E-state index contributed by atoms with van der Waals surface area (Å²) < 4.78 is 25.8. The fraction of sp³-hybridized carbons (Fsp3) is 0.111. The summed E-state index contributed by atoms with van der Waals surface area (Å²) in [6.45, 7) is 2.63. The molecule has 1 heterocycles. The van der Waals surface area contributed by atoms with Gasteiger partial charge in [-0.15, -0.1) is 0 Å². The standard InChI is InChI=1S/C27H25N3O3S/c1-21-13-15-24(16-14-21)30(34(32)33)26-12-6-5-11-25(26)27(31)29(19-22-8-3-2-4-9-22)20-23-10-7-17-28-18-23/h2-18H,19-20H2,1H3,(H,32,33)/p-1. The summed E-state index contributed by atoms with van der Waals surface area (Å²) in [6.07, 6.45) is 3.41. The quantitative estimate of drug-likeness (QED) is 0.333. The highest BCUT2D eigenvalue weighted by molar-refractivity contribution is 7.81. The lowest BCUT2D eigenvalue weighted by atomic mass is 10.1. The maximum Gasteiger partial charge on any atom is 0.256 e. The summed E-state index contributed by atoms with van der Waals surface area (Å²) in [5, 5.41) is 0. The third kappa shape index (κ3) is 5.57. The monoisotopic (exact) mass is 470 g/mol. The van der Waals surface area contributed by atoms with Crippen LogP contribution in [0.4, 0.5) is 11.4 Å². The number of para-hydroxylation sites is 1. The summed E-state index contributed by atoms with van der Waals surface area (Å²) in [7, 11) is 0. The Morgan fingerprint density at radius 3 is 2.18 bits per heavy atom. The van der Waals surface area contributed by atoms with Gasteiger partial charge in [-0.1, -0.05) is 66.2 Å². The number of amides is 1. The number of carbonyl (C=O) groups is 1. The van der Waals surface area contributed by atoms with Crippen molar-refractivity contribution in [1.82, 2.24) is 9.88 Å². The smallest absolute Gasteiger partial charge is 0.256 e. The van der Waals surface area contributed by atoms with Crippen LogP contribution in [0.2, 0.25) is 0 Å². The zero-order valence-electron chi connectivity index (χ0n) is 18.7. The Balaban J connectivity index is 1.74. The molecule has 0 spiro atoms. The first-order valence-corrected chi connectivity index (χ1v) is 11.8. The highest BCUT2D eigenvalue weighted by atomic mass is 32.2. The molecule has 1 amide bonds. The molecule has 3 aromatic carbocycles. The largest absolute Gasteiger partial charge is 0.755 e. The molecular formula is C27H24N3O3S-. The first-order chi connectivity index (χ1) is 16.5. The molecule has 0 radical (unpaired) electrons. The molecular weight excluding hydrogens is 446 g/mol. The molecule has 1 atom stereocenters. The molecule has 0 bridgehead atoms. The van der Waals surface area contributed by atoms with Crippen molar-refractivity contribution in [2.45, 2.75) is 20.0 Å². The van der Waals surface area contributed by atoms with E-state index in [1.165, 1.54) is 0 Å². The van der Waals surface area contributed by atoms with E-state index in [9.17, 15) is 13.6 Å². The fourth-order valence-corrected chi connectivity index (χ4v) is 4.32. The van der Waals surface area contributed by atoms with Gasteiger partial charge < -0.3 is 9.45 Å². The van der Waals surface area contributed by atoms with Crippen molar-refractivity contribution >= 4 is 28.5 Å². The number of aromatic nitrogens is 1. The molecule has 6 nitrogen and oxygen atoms in total. The van der Waals surface area contributed by atoms with Crippen LogP contribution in [0.5, 0.6) is 0 Å². The van der Waals surface area contributed by atoms with Crippen molar-refractivity contribution in [2.75, 3.05) is 4.31 Å². The van der Waals surface area contributed by atoms with Crippen molar-refractivity contribution in [3.8, 4) is 0 Å². The minimum Gasteiger partial charge on any atom is -0.755 e. The van der Waals surface area contributed by atoms with Gasteiger partial charge in [0, 0.05) is 25.5 Å². The third-order valence-corrected chi connectivity index (χ3v) is 6.08. The second-order valence-electron chi connectivity index (χ2n) is 7.87. The van der Waals surface area contributed by atoms with Gasteiger partial charge in [0.05, 0.1) is 28.2 Å². The molecule has 0 saturated carbocycles. The van der Waals surface area contributed by atoms with Crippen molar-refractivity contribution < 1.29 is 13.6 Å². The van der Waals surface area contributed by atoms with E-state index in [4.69, 9.17) is 0 Å². The molecule has 0 fully saturated rings. The number of rotatable bonds is 8. The SMILES string of the molecule is Cc1ccc(N(c2ccccc2C(=O)N(Cc2ccccc2)Cc2cccnc2)S(=O)[O-])cc1. The molecule has 172 valence electrons. The van der Waals surface area contributed by atoms with Crippen molar-refractivity contribution in [2.24, 2.45) is 0 Å². The lowest BCUT2D eigenvalue weighted by Crippen LogP contribution is -2.32. The average molecular weight is 471 g/mol. The molecule has 34 heavy (non-hydrogen) atoms. The van der Waals surface area contributed by atoms with Gasteiger partial charge in [0.15, 0.2) is 0 Å². The maximum atomic E-state index is 13.9. The lowest BCUT2D eigenvalue weighted by Gasteiger charge is -2.30. The minimum atomic E-state index is -2.63. The maximum absolute atomic E-state index is 13.9. The second-order valence-corrected chi connectivity index (χ2v) is 8.67. The van der Waals surface area contributed by atoms with Gasteiger partial charge in [0.25, 0.3) is 5.91 Å². The Labute approximate surface area is 201 Å². The van der Waals surface area contributed by atoms with E-state index in [0.717, 1.165) is 21.0 Å². The van der Waals surface area contributed by atoms with E-state index in [1.807, 2.05) is 61.5 Å². The zero-order chi connectivity index (χ0) is 23.9. The molecule has 0 N–H and O–H groups in total. The van der Waals surface area contributed by atoms with Gasteiger partial charge in [-0.2, -0.15) is 0 Å². The van der Waals surface area contributed by atoms with E-state index in [2.05, 4.69) is 4.98 Å². The Bertz CT molecular complexity index is 1220. The number of benzene rings is 3. The second kappa shape index (κ2) is 10.9.